The van der Waals surface area contributed by atoms with Crippen molar-refractivity contribution in [1.82, 2.24) is 14.5 Å². The van der Waals surface area contributed by atoms with Crippen LogP contribution in [0.3, 0.4) is 0 Å². The first-order chi connectivity index (χ1) is 17.2. The minimum absolute atomic E-state index is 0.144. The molecular weight excluding hydrogens is 457 g/mol. The largest absolute Gasteiger partial charge is 0.495 e. The summed E-state index contributed by atoms with van der Waals surface area (Å²) in [5.74, 6) is 0.408. The number of halogens is 1. The molecule has 0 fully saturated rings. The quantitative estimate of drug-likeness (QED) is 0.335. The van der Waals surface area contributed by atoms with Crippen molar-refractivity contribution in [2.24, 2.45) is 5.92 Å². The maximum absolute atomic E-state index is 13.9. The van der Waals surface area contributed by atoms with Gasteiger partial charge in [-0.3, -0.25) is 14.2 Å². The molecule has 36 heavy (non-hydrogen) atoms. The Kier molecular flexibility index (Phi) is 7.20. The third kappa shape index (κ3) is 4.87. The molecule has 0 bridgehead atoms. The van der Waals surface area contributed by atoms with Gasteiger partial charge in [-0.1, -0.05) is 32.0 Å². The zero-order valence-corrected chi connectivity index (χ0v) is 21.2. The van der Waals surface area contributed by atoms with Gasteiger partial charge in [0.15, 0.2) is 0 Å². The van der Waals surface area contributed by atoms with Crippen LogP contribution < -0.4 is 10.3 Å². The van der Waals surface area contributed by atoms with Gasteiger partial charge in [-0.2, -0.15) is 0 Å². The molecule has 1 amide bonds. The standard InChI is InChI=1S/C29H30FN3O3/c1-18(2)17-32(28(34)21-11-13-22(30)14-12-21)20(4)27-31-24-9-7-6-8-23(24)29(35)33(27)25-16-19(3)10-15-26(25)36-5/h6-16,18,20H,17H2,1-5H3. The van der Waals surface area contributed by atoms with E-state index in [0.717, 1.165) is 5.56 Å². The third-order valence-corrected chi connectivity index (χ3v) is 6.13. The Morgan fingerprint density at radius 1 is 1.06 bits per heavy atom. The van der Waals surface area contributed by atoms with Crippen molar-refractivity contribution < 1.29 is 13.9 Å². The number of benzene rings is 3. The number of nitrogens with zero attached hydrogens (tertiary/aromatic N) is 3. The molecule has 0 aliphatic rings. The first kappa shape index (κ1) is 25.1. The average molecular weight is 488 g/mol. The van der Waals surface area contributed by atoms with Crippen LogP contribution in [0.25, 0.3) is 16.6 Å². The fourth-order valence-electron chi connectivity index (χ4n) is 4.35. The minimum Gasteiger partial charge on any atom is -0.495 e. The van der Waals surface area contributed by atoms with E-state index in [2.05, 4.69) is 0 Å². The Bertz CT molecular complexity index is 1460. The van der Waals surface area contributed by atoms with E-state index in [1.54, 1.807) is 34.8 Å². The molecule has 6 nitrogen and oxygen atoms in total. The maximum Gasteiger partial charge on any atom is 0.266 e. The van der Waals surface area contributed by atoms with Gasteiger partial charge in [0, 0.05) is 12.1 Å². The second-order valence-electron chi connectivity index (χ2n) is 9.34. The highest BCUT2D eigenvalue weighted by Crippen LogP contribution is 2.29. The molecule has 0 radical (unpaired) electrons. The smallest absolute Gasteiger partial charge is 0.266 e. The summed E-state index contributed by atoms with van der Waals surface area (Å²) in [6.07, 6.45) is 0. The van der Waals surface area contributed by atoms with Crippen LogP contribution in [0.1, 0.15) is 48.6 Å². The zero-order chi connectivity index (χ0) is 26.0. The number of amides is 1. The van der Waals surface area contributed by atoms with Gasteiger partial charge < -0.3 is 9.64 Å². The van der Waals surface area contributed by atoms with E-state index in [1.165, 1.54) is 24.3 Å². The Morgan fingerprint density at radius 3 is 2.42 bits per heavy atom. The van der Waals surface area contributed by atoms with E-state index < -0.39 is 11.9 Å². The topological polar surface area (TPSA) is 64.4 Å². The fourth-order valence-corrected chi connectivity index (χ4v) is 4.35. The summed E-state index contributed by atoms with van der Waals surface area (Å²) in [7, 11) is 1.56. The molecule has 1 unspecified atom stereocenters. The molecule has 186 valence electrons. The number of methoxy groups -OCH3 is 1. The molecule has 1 aromatic heterocycles. The molecular formula is C29H30FN3O3. The number of carbonyl (C=O) groups excluding carboxylic acids is 1. The van der Waals surface area contributed by atoms with Gasteiger partial charge in [0.05, 0.1) is 29.7 Å². The van der Waals surface area contributed by atoms with Gasteiger partial charge in [-0.05, 0) is 73.9 Å². The Morgan fingerprint density at radius 2 is 1.75 bits per heavy atom. The van der Waals surface area contributed by atoms with Gasteiger partial charge in [0.2, 0.25) is 0 Å². The Labute approximate surface area is 210 Å². The van der Waals surface area contributed by atoms with Crippen LogP contribution in [0.4, 0.5) is 4.39 Å². The van der Waals surface area contributed by atoms with Crippen LogP contribution >= 0.6 is 0 Å². The van der Waals surface area contributed by atoms with E-state index in [4.69, 9.17) is 9.72 Å². The number of aromatic nitrogens is 2. The summed E-state index contributed by atoms with van der Waals surface area (Å²) >= 11 is 0. The number of para-hydroxylation sites is 1. The average Bonchev–Trinajstić information content (AvgIpc) is 2.86. The molecule has 3 aromatic carbocycles. The second kappa shape index (κ2) is 10.3. The van der Waals surface area contributed by atoms with Crippen molar-refractivity contribution >= 4 is 16.8 Å². The first-order valence-electron chi connectivity index (χ1n) is 11.9. The number of hydrogen-bond acceptors (Lipinski definition) is 4. The van der Waals surface area contributed by atoms with E-state index >= 15 is 0 Å². The predicted molar refractivity (Wildman–Crippen MR) is 139 cm³/mol. The van der Waals surface area contributed by atoms with Gasteiger partial charge in [-0.25, -0.2) is 9.37 Å². The second-order valence-corrected chi connectivity index (χ2v) is 9.34. The van der Waals surface area contributed by atoms with Crippen LogP contribution in [0.2, 0.25) is 0 Å². The molecule has 0 aliphatic carbocycles. The monoisotopic (exact) mass is 487 g/mol. The van der Waals surface area contributed by atoms with Crippen LogP contribution in [-0.2, 0) is 0 Å². The maximum atomic E-state index is 13.9. The lowest BCUT2D eigenvalue weighted by molar-refractivity contribution is 0.0655. The van der Waals surface area contributed by atoms with E-state index in [1.807, 2.05) is 52.0 Å². The molecule has 0 saturated carbocycles. The number of aryl methyl sites for hydroxylation is 1. The summed E-state index contributed by atoms with van der Waals surface area (Å²) in [4.78, 5) is 34.1. The number of ether oxygens (including phenoxy) is 1. The van der Waals surface area contributed by atoms with Crippen LogP contribution in [-0.4, -0.2) is 34.0 Å². The lowest BCUT2D eigenvalue weighted by atomic mass is 10.1. The van der Waals surface area contributed by atoms with E-state index in [9.17, 15) is 14.0 Å². The lowest BCUT2D eigenvalue weighted by Gasteiger charge is -2.32. The van der Waals surface area contributed by atoms with E-state index in [0.29, 0.717) is 40.3 Å². The van der Waals surface area contributed by atoms with E-state index in [-0.39, 0.29) is 17.4 Å². The summed E-state index contributed by atoms with van der Waals surface area (Å²) in [5.41, 5.74) is 2.18. The zero-order valence-electron chi connectivity index (χ0n) is 21.2. The highest BCUT2D eigenvalue weighted by molar-refractivity contribution is 5.94. The number of fused-ring (bicyclic) bond motifs is 1. The molecule has 0 spiro atoms. The van der Waals surface area contributed by atoms with Crippen LogP contribution in [0.5, 0.6) is 5.75 Å². The number of carbonyl (C=O) groups is 1. The van der Waals surface area contributed by atoms with Crippen LogP contribution in [0.15, 0.2) is 71.5 Å². The summed E-state index contributed by atoms with van der Waals surface area (Å²) in [6.45, 7) is 8.25. The van der Waals surface area contributed by atoms with Gasteiger partial charge in [0.1, 0.15) is 17.4 Å². The SMILES string of the molecule is COc1ccc(C)cc1-n1c(C(C)N(CC(C)C)C(=O)c2ccc(F)cc2)nc2ccccc2c1=O. The third-order valence-electron chi connectivity index (χ3n) is 6.13. The summed E-state index contributed by atoms with van der Waals surface area (Å²) < 4.78 is 20.7. The molecule has 4 rings (SSSR count). The van der Waals surface area contributed by atoms with Gasteiger partial charge in [0.25, 0.3) is 11.5 Å². The van der Waals surface area contributed by atoms with Crippen molar-refractivity contribution in [1.29, 1.82) is 0 Å². The molecule has 4 aromatic rings. The summed E-state index contributed by atoms with van der Waals surface area (Å²) in [5, 5.41) is 0.470. The molecule has 0 aliphatic heterocycles. The Balaban J connectivity index is 1.96. The molecule has 0 N–H and O–H groups in total. The lowest BCUT2D eigenvalue weighted by Crippen LogP contribution is -2.39. The van der Waals surface area contributed by atoms with Gasteiger partial charge >= 0.3 is 0 Å². The highest BCUT2D eigenvalue weighted by atomic mass is 19.1. The van der Waals surface area contributed by atoms with Crippen LogP contribution in [0, 0.1) is 18.7 Å². The molecule has 1 atom stereocenters. The molecule has 0 saturated heterocycles. The minimum atomic E-state index is -0.576. The van der Waals surface area contributed by atoms with Gasteiger partial charge in [-0.15, -0.1) is 0 Å². The summed E-state index contributed by atoms with van der Waals surface area (Å²) in [6, 6.07) is 17.7. The van der Waals surface area contributed by atoms with Crippen molar-refractivity contribution in [2.45, 2.75) is 33.7 Å². The normalized spacial score (nSPS) is 12.1. The fraction of sp³-hybridized carbons (Fsp3) is 0.276. The number of rotatable bonds is 7. The highest BCUT2D eigenvalue weighted by Gasteiger charge is 2.29. The van der Waals surface area contributed by atoms with Crippen molar-refractivity contribution in [3.05, 3.63) is 99.9 Å². The first-order valence-corrected chi connectivity index (χ1v) is 11.9. The number of hydrogen-bond donors (Lipinski definition) is 0. The predicted octanol–water partition coefficient (Wildman–Crippen LogP) is 5.70. The Hall–Kier alpha value is -4.00. The van der Waals surface area contributed by atoms with Crippen molar-refractivity contribution in [3.63, 3.8) is 0 Å². The van der Waals surface area contributed by atoms with Crippen molar-refractivity contribution in [2.75, 3.05) is 13.7 Å². The molecule has 7 heteroatoms. The van der Waals surface area contributed by atoms with Crippen molar-refractivity contribution in [3.8, 4) is 11.4 Å². The molecule has 1 heterocycles.